The highest BCUT2D eigenvalue weighted by molar-refractivity contribution is 9.10. The summed E-state index contributed by atoms with van der Waals surface area (Å²) in [5, 5.41) is 73.2. The van der Waals surface area contributed by atoms with E-state index in [1.165, 1.54) is 18.2 Å². The number of aliphatic carboxylic acids is 1. The smallest absolute Gasteiger partial charge is 0.317 e. The van der Waals surface area contributed by atoms with Gasteiger partial charge in [-0.3, -0.25) is 33.8 Å². The fourth-order valence-corrected chi connectivity index (χ4v) is 7.03. The summed E-state index contributed by atoms with van der Waals surface area (Å²) in [6, 6.07) is 34.1. The zero-order chi connectivity index (χ0) is 62.3. The Hall–Kier alpha value is -6.97. The number of nitrogens with one attached hydrogen (secondary N) is 3. The number of carboxylic acids is 1. The maximum absolute atomic E-state index is 12.6. The van der Waals surface area contributed by atoms with E-state index in [1.807, 2.05) is 133 Å². The summed E-state index contributed by atoms with van der Waals surface area (Å²) in [7, 11) is 0. The molecule has 12 N–H and O–H groups in total. The molecule has 5 aromatic rings. The molecule has 82 heavy (non-hydrogen) atoms. The molecule has 5 aromatic carbocycles. The number of aliphatic hydroxyl groups is 2. The number of nitrogens with two attached hydrogens (primary N) is 1. The Balaban J connectivity index is 0.00000102. The summed E-state index contributed by atoms with van der Waals surface area (Å²) in [5.74, 6) is -1.25. The average Bonchev–Trinajstić information content (AvgIpc) is 3.50. The van der Waals surface area contributed by atoms with E-state index in [-0.39, 0.29) is 105 Å². The van der Waals surface area contributed by atoms with Crippen LogP contribution in [0.25, 0.3) is 0 Å². The number of para-hydroxylation sites is 3. The van der Waals surface area contributed by atoms with Gasteiger partial charge in [-0.1, -0.05) is 135 Å². The first kappa shape index (κ1) is 75.0. The van der Waals surface area contributed by atoms with Crippen LogP contribution in [0.5, 0.6) is 23.0 Å². The summed E-state index contributed by atoms with van der Waals surface area (Å²) in [4.78, 5) is 70.7. The fourth-order valence-electron chi connectivity index (χ4n) is 6.89. The van der Waals surface area contributed by atoms with Crippen LogP contribution in [0.1, 0.15) is 120 Å². The third-order valence-electron chi connectivity index (χ3n) is 12.1. The third-order valence-corrected chi connectivity index (χ3v) is 14.3. The number of anilines is 3. The molecule has 0 aromatic heterocycles. The molecule has 0 heterocycles. The predicted molar refractivity (Wildman–Crippen MR) is 335 cm³/mol. The summed E-state index contributed by atoms with van der Waals surface area (Å²) < 4.78 is 0. The van der Waals surface area contributed by atoms with Gasteiger partial charge in [0.05, 0.1) is 35.1 Å². The molecule has 0 aliphatic rings. The number of hydrogen-bond donors (Lipinski definition) is 11. The standard InChI is InChI=1S/C21H26N2O3.C11H16N2O.C11H15NO2.C10H12O3.C5H9BrO2.C4H7BrO2/c1-4-17(16-11-12-19(24)14(3)21(16)26)22-13-20(25)18(5-2)23-15-9-7-6-8-10-15;1-2-10(11(14)8-12)13-9-6-4-3-5-7-9;1-2-10(11(14)8-13)12-9-6-4-3-5-7-9;1-3-8(11)7-4-5-9(12)6(2)10(7)13;1-2-4(6)5(8)3-7;1-2-3(5)4(6)7/h6-12,18,23-24,26H,4-5,13H2,1-3H3;3-7,10,13H,2,8,12H2,1H3;3-7,10,12-13H,2,8H2,1H3;4-5,12-13H,3H2,1-2H3;4,7H,2-3H2,1H3;3H,2H2,1H3,(H,6,7). The highest BCUT2D eigenvalue weighted by Crippen LogP contribution is 2.31. The quantitative estimate of drug-likeness (QED) is 0.0147. The Morgan fingerprint density at radius 1 is 0.488 bits per heavy atom. The number of rotatable bonds is 25. The lowest BCUT2D eigenvalue weighted by molar-refractivity contribution is -0.136. The first-order valence-electron chi connectivity index (χ1n) is 27.1. The second kappa shape index (κ2) is 42.8. The van der Waals surface area contributed by atoms with E-state index >= 15 is 0 Å². The lowest BCUT2D eigenvalue weighted by atomic mass is 10.0. The SMILES string of the molecule is CCC(=NCC(=O)C(CC)Nc1ccccc1)c1ccc(O)c(C)c1O.CCC(=O)c1ccc(O)c(C)c1O.CCC(Br)C(=O)CO.CCC(Br)C(=O)O.CCC(Nc1ccccc1)C(=O)CN.CCC(Nc1ccccc1)C(=O)CO. The van der Waals surface area contributed by atoms with Crippen LogP contribution in [-0.4, -0.2) is 130 Å². The molecule has 450 valence electrons. The Kier molecular flexibility index (Phi) is 39.2. The van der Waals surface area contributed by atoms with Crippen molar-refractivity contribution in [2.24, 2.45) is 10.7 Å². The molecule has 0 fully saturated rings. The number of phenolic OH excluding ortho intramolecular Hbond substituents is 4. The van der Waals surface area contributed by atoms with Crippen LogP contribution in [0.2, 0.25) is 0 Å². The molecule has 18 nitrogen and oxygen atoms in total. The molecule has 0 aliphatic carbocycles. The van der Waals surface area contributed by atoms with Gasteiger partial charge in [0, 0.05) is 45.9 Å². The molecule has 0 amide bonds. The zero-order valence-electron chi connectivity index (χ0n) is 48.5. The molecule has 0 aliphatic heterocycles. The van der Waals surface area contributed by atoms with Crippen LogP contribution >= 0.6 is 31.9 Å². The fraction of sp³-hybridized carbons (Fsp3) is 0.403. The Morgan fingerprint density at radius 3 is 1.16 bits per heavy atom. The first-order chi connectivity index (χ1) is 39.0. The van der Waals surface area contributed by atoms with Crippen LogP contribution in [-0.2, 0) is 24.0 Å². The average molecular weight is 1270 g/mol. The highest BCUT2D eigenvalue weighted by atomic mass is 79.9. The van der Waals surface area contributed by atoms with Gasteiger partial charge in [-0.05, 0) is 113 Å². The van der Waals surface area contributed by atoms with Crippen molar-refractivity contribution < 1.29 is 64.5 Å². The number of halogens is 2. The van der Waals surface area contributed by atoms with Gasteiger partial charge in [-0.25, -0.2) is 0 Å². The number of carbonyl (C=O) groups is 6. The summed E-state index contributed by atoms with van der Waals surface area (Å²) in [5.41, 5.74) is 10.3. The van der Waals surface area contributed by atoms with E-state index in [1.54, 1.807) is 26.8 Å². The van der Waals surface area contributed by atoms with E-state index in [9.17, 15) is 49.2 Å². The minimum atomic E-state index is -0.789. The lowest BCUT2D eigenvalue weighted by Gasteiger charge is -2.16. The molecule has 5 rings (SSSR count). The van der Waals surface area contributed by atoms with Crippen molar-refractivity contribution in [3.63, 3.8) is 0 Å². The Bertz CT molecular complexity index is 2660. The third kappa shape index (κ3) is 28.1. The topological polar surface area (TPSA) is 318 Å². The molecular formula is C62H85Br2N5O13. The Labute approximate surface area is 500 Å². The monoisotopic (exact) mass is 1270 g/mol. The molecule has 0 saturated carbocycles. The second-order valence-electron chi connectivity index (χ2n) is 18.0. The molecule has 0 bridgehead atoms. The van der Waals surface area contributed by atoms with Crippen LogP contribution in [0.3, 0.4) is 0 Å². The molecule has 5 unspecified atom stereocenters. The molecule has 5 atom stereocenters. The number of alkyl halides is 2. The number of carboxylic acid groups (broad SMARTS) is 1. The minimum Gasteiger partial charge on any atom is -0.508 e. The number of phenols is 4. The molecule has 20 heteroatoms. The second-order valence-corrected chi connectivity index (χ2v) is 20.2. The van der Waals surface area contributed by atoms with E-state index in [0.717, 1.165) is 29.9 Å². The van der Waals surface area contributed by atoms with Gasteiger partial charge >= 0.3 is 5.97 Å². The van der Waals surface area contributed by atoms with Crippen molar-refractivity contribution in [2.45, 2.75) is 135 Å². The van der Waals surface area contributed by atoms with Gasteiger partial charge in [-0.15, -0.1) is 0 Å². The van der Waals surface area contributed by atoms with Gasteiger partial charge in [0.2, 0.25) is 0 Å². The maximum Gasteiger partial charge on any atom is 0.317 e. The molecule has 0 radical (unpaired) electrons. The maximum atomic E-state index is 12.6. The van der Waals surface area contributed by atoms with Crippen LogP contribution in [0, 0.1) is 13.8 Å². The number of aliphatic hydroxyl groups excluding tert-OH is 2. The number of hydrogen-bond acceptors (Lipinski definition) is 17. The first-order valence-corrected chi connectivity index (χ1v) is 28.9. The van der Waals surface area contributed by atoms with E-state index in [4.69, 9.17) is 21.1 Å². The van der Waals surface area contributed by atoms with Crippen molar-refractivity contribution in [3.05, 3.63) is 138 Å². The normalized spacial score (nSPS) is 12.2. The summed E-state index contributed by atoms with van der Waals surface area (Å²) in [6.45, 7) is 15.8. The highest BCUT2D eigenvalue weighted by Gasteiger charge is 2.19. The summed E-state index contributed by atoms with van der Waals surface area (Å²) in [6.07, 6.45) is 4.38. The van der Waals surface area contributed by atoms with Gasteiger partial charge in [-0.2, -0.15) is 0 Å². The van der Waals surface area contributed by atoms with Gasteiger partial charge in [0.15, 0.2) is 28.9 Å². The van der Waals surface area contributed by atoms with Crippen molar-refractivity contribution >= 4 is 89.5 Å². The number of nitrogens with zero attached hydrogens (tertiary/aromatic N) is 1. The number of benzene rings is 5. The molecular weight excluding hydrogens is 1180 g/mol. The van der Waals surface area contributed by atoms with Crippen molar-refractivity contribution in [2.75, 3.05) is 42.3 Å². The minimum absolute atomic E-state index is 0.00251. The van der Waals surface area contributed by atoms with Crippen LogP contribution < -0.4 is 21.7 Å². The van der Waals surface area contributed by atoms with Gasteiger partial charge in [0.25, 0.3) is 0 Å². The Morgan fingerprint density at radius 2 is 0.854 bits per heavy atom. The lowest BCUT2D eigenvalue weighted by Crippen LogP contribution is -2.33. The number of Topliss-reactive ketones (excluding diaryl/α,β-unsaturated/α-hetero) is 5. The zero-order valence-corrected chi connectivity index (χ0v) is 51.7. The van der Waals surface area contributed by atoms with E-state index in [2.05, 4.69) is 52.8 Å². The largest absolute Gasteiger partial charge is 0.508 e. The number of aliphatic imine (C=N–C) groups is 1. The van der Waals surface area contributed by atoms with Crippen molar-refractivity contribution in [3.8, 4) is 23.0 Å². The molecule has 0 spiro atoms. The van der Waals surface area contributed by atoms with Gasteiger partial charge in [0.1, 0.15) is 47.6 Å². The van der Waals surface area contributed by atoms with Crippen LogP contribution in [0.15, 0.2) is 120 Å². The predicted octanol–water partition coefficient (Wildman–Crippen LogP) is 10.9. The van der Waals surface area contributed by atoms with Crippen LogP contribution in [0.4, 0.5) is 17.1 Å². The van der Waals surface area contributed by atoms with Crippen molar-refractivity contribution in [1.29, 1.82) is 0 Å². The number of ketones is 5. The number of carbonyl (C=O) groups excluding carboxylic acids is 5. The van der Waals surface area contributed by atoms with E-state index in [0.29, 0.717) is 54.5 Å². The summed E-state index contributed by atoms with van der Waals surface area (Å²) >= 11 is 6.03. The number of aromatic hydroxyl groups is 4. The molecule has 0 saturated heterocycles. The van der Waals surface area contributed by atoms with E-state index < -0.39 is 12.6 Å². The van der Waals surface area contributed by atoms with Crippen molar-refractivity contribution in [1.82, 2.24) is 0 Å². The van der Waals surface area contributed by atoms with Gasteiger partial charge < -0.3 is 57.4 Å².